The van der Waals surface area contributed by atoms with Crippen LogP contribution in [0.25, 0.3) is 0 Å². The van der Waals surface area contributed by atoms with Gasteiger partial charge in [-0.3, -0.25) is 9.59 Å². The van der Waals surface area contributed by atoms with Gasteiger partial charge in [0.1, 0.15) is 11.0 Å². The number of hydrogen-bond donors (Lipinski definition) is 3. The maximum absolute atomic E-state index is 11.9. The van der Waals surface area contributed by atoms with Crippen molar-refractivity contribution in [2.24, 2.45) is 5.73 Å². The Morgan fingerprint density at radius 1 is 1.42 bits per heavy atom. The molecule has 0 fully saturated rings. The predicted molar refractivity (Wildman–Crippen MR) is 74.2 cm³/mol. The Kier molecular flexibility index (Phi) is 6.08. The highest BCUT2D eigenvalue weighted by atomic mass is 35.5. The summed E-state index contributed by atoms with van der Waals surface area (Å²) >= 11 is 5.84. The molecule has 4 N–H and O–H groups in total. The van der Waals surface area contributed by atoms with Crippen LogP contribution in [0.3, 0.4) is 0 Å². The topological polar surface area (TPSA) is 97.1 Å². The summed E-state index contributed by atoms with van der Waals surface area (Å²) in [5.74, 6) is -0.0825. The highest BCUT2D eigenvalue weighted by Crippen LogP contribution is 2.14. The molecule has 7 heteroatoms. The summed E-state index contributed by atoms with van der Waals surface area (Å²) in [6.07, 6.45) is 0.764. The Hall–Kier alpha value is -1.82. The molecule has 0 atom stereocenters. The van der Waals surface area contributed by atoms with Crippen LogP contribution in [0.2, 0.25) is 5.15 Å². The smallest absolute Gasteiger partial charge is 0.251 e. The van der Waals surface area contributed by atoms with E-state index in [9.17, 15) is 9.59 Å². The van der Waals surface area contributed by atoms with E-state index in [1.165, 1.54) is 6.07 Å². The van der Waals surface area contributed by atoms with E-state index in [0.29, 0.717) is 30.9 Å². The van der Waals surface area contributed by atoms with Crippen LogP contribution in [-0.2, 0) is 4.79 Å². The van der Waals surface area contributed by atoms with E-state index >= 15 is 0 Å². The average molecular weight is 285 g/mol. The molecule has 0 aromatic carbocycles. The van der Waals surface area contributed by atoms with Crippen molar-refractivity contribution in [3.8, 4) is 0 Å². The summed E-state index contributed by atoms with van der Waals surface area (Å²) in [6, 6.07) is 3.12. The monoisotopic (exact) mass is 284 g/mol. The number of amides is 2. The van der Waals surface area contributed by atoms with Crippen molar-refractivity contribution >= 4 is 29.2 Å². The third-order valence-corrected chi connectivity index (χ3v) is 2.49. The molecule has 1 aromatic heterocycles. The summed E-state index contributed by atoms with van der Waals surface area (Å²) in [5, 5.41) is 5.93. The number of carbonyl (C=O) groups excluding carboxylic acids is 2. The molecule has 19 heavy (non-hydrogen) atoms. The van der Waals surface area contributed by atoms with Gasteiger partial charge in [0.25, 0.3) is 5.91 Å². The van der Waals surface area contributed by atoms with Crippen LogP contribution in [0.1, 0.15) is 30.1 Å². The molecule has 2 amide bonds. The summed E-state index contributed by atoms with van der Waals surface area (Å²) in [4.78, 5) is 26.4. The van der Waals surface area contributed by atoms with Gasteiger partial charge in [0.05, 0.1) is 0 Å². The molecule has 0 unspecified atom stereocenters. The Morgan fingerprint density at radius 3 is 2.79 bits per heavy atom. The molecule has 104 valence electrons. The number of nitrogens with zero attached hydrogens (tertiary/aromatic N) is 1. The Labute approximate surface area is 116 Å². The number of halogens is 1. The summed E-state index contributed by atoms with van der Waals surface area (Å²) in [7, 11) is 0. The molecule has 0 radical (unpaired) electrons. The third kappa shape index (κ3) is 5.56. The van der Waals surface area contributed by atoms with Crippen molar-refractivity contribution in [2.75, 3.05) is 18.4 Å². The van der Waals surface area contributed by atoms with Crippen LogP contribution in [0.4, 0.5) is 5.82 Å². The maximum Gasteiger partial charge on any atom is 0.251 e. The average Bonchev–Trinajstić information content (AvgIpc) is 2.34. The highest BCUT2D eigenvalue weighted by molar-refractivity contribution is 6.29. The zero-order chi connectivity index (χ0) is 14.3. The molecule has 0 bridgehead atoms. The number of rotatable bonds is 7. The molecule has 0 spiro atoms. The zero-order valence-electron chi connectivity index (χ0n) is 10.7. The molecular weight excluding hydrogens is 268 g/mol. The predicted octanol–water partition coefficient (Wildman–Crippen LogP) is 1.16. The van der Waals surface area contributed by atoms with Crippen LogP contribution in [0, 0.1) is 0 Å². The first kappa shape index (κ1) is 15.2. The van der Waals surface area contributed by atoms with Crippen molar-refractivity contribution in [3.05, 3.63) is 22.8 Å². The highest BCUT2D eigenvalue weighted by Gasteiger charge is 2.08. The van der Waals surface area contributed by atoms with Gasteiger partial charge in [0.15, 0.2) is 0 Å². The number of nitrogens with two attached hydrogens (primary N) is 1. The molecule has 0 aliphatic carbocycles. The van der Waals surface area contributed by atoms with E-state index in [1.807, 2.05) is 6.92 Å². The fourth-order valence-corrected chi connectivity index (χ4v) is 1.67. The van der Waals surface area contributed by atoms with E-state index in [0.717, 1.165) is 0 Å². The van der Waals surface area contributed by atoms with Crippen molar-refractivity contribution < 1.29 is 9.59 Å². The molecule has 1 aromatic rings. The number of hydrogen-bond acceptors (Lipinski definition) is 4. The summed E-state index contributed by atoms with van der Waals surface area (Å²) < 4.78 is 0. The number of nitrogens with one attached hydrogen (secondary N) is 2. The lowest BCUT2D eigenvalue weighted by atomic mass is 10.2. The lowest BCUT2D eigenvalue weighted by molar-refractivity contribution is -0.118. The lowest BCUT2D eigenvalue weighted by Gasteiger charge is -2.07. The summed E-state index contributed by atoms with van der Waals surface area (Å²) in [6.45, 7) is 3.00. The SMILES string of the molecule is CCNc1cc(C(=O)NCCCC(N)=O)cc(Cl)n1. The number of primary amides is 1. The third-order valence-electron chi connectivity index (χ3n) is 2.30. The van der Waals surface area contributed by atoms with Gasteiger partial charge < -0.3 is 16.4 Å². The molecule has 6 nitrogen and oxygen atoms in total. The Balaban J connectivity index is 2.58. The first-order chi connectivity index (χ1) is 9.02. The second-order valence-electron chi connectivity index (χ2n) is 3.92. The molecule has 1 heterocycles. The van der Waals surface area contributed by atoms with Crippen molar-refractivity contribution in [1.82, 2.24) is 10.3 Å². The molecule has 0 aliphatic rings. The van der Waals surface area contributed by atoms with E-state index < -0.39 is 0 Å². The van der Waals surface area contributed by atoms with Gasteiger partial charge in [-0.2, -0.15) is 0 Å². The molecule has 0 saturated carbocycles. The van der Waals surface area contributed by atoms with Crippen LogP contribution in [0.5, 0.6) is 0 Å². The van der Waals surface area contributed by atoms with Gasteiger partial charge in [0, 0.05) is 25.1 Å². The molecular formula is C12H17ClN4O2. The number of anilines is 1. The first-order valence-corrected chi connectivity index (χ1v) is 6.38. The van der Waals surface area contributed by atoms with Gasteiger partial charge in [-0.05, 0) is 25.5 Å². The lowest BCUT2D eigenvalue weighted by Crippen LogP contribution is -2.25. The molecule has 1 rings (SSSR count). The van der Waals surface area contributed by atoms with Crippen molar-refractivity contribution in [3.63, 3.8) is 0 Å². The number of aromatic nitrogens is 1. The minimum Gasteiger partial charge on any atom is -0.370 e. The van der Waals surface area contributed by atoms with Gasteiger partial charge >= 0.3 is 0 Å². The quantitative estimate of drug-likeness (QED) is 0.517. The van der Waals surface area contributed by atoms with Gasteiger partial charge in [-0.15, -0.1) is 0 Å². The normalized spacial score (nSPS) is 10.0. The molecule has 0 aliphatic heterocycles. The van der Waals surface area contributed by atoms with Crippen LogP contribution >= 0.6 is 11.6 Å². The minimum absolute atomic E-state index is 0.250. The second kappa shape index (κ2) is 7.58. The minimum atomic E-state index is -0.379. The van der Waals surface area contributed by atoms with E-state index in [1.54, 1.807) is 6.07 Å². The zero-order valence-corrected chi connectivity index (χ0v) is 11.5. The largest absolute Gasteiger partial charge is 0.370 e. The van der Waals surface area contributed by atoms with Gasteiger partial charge in [-0.25, -0.2) is 4.98 Å². The first-order valence-electron chi connectivity index (χ1n) is 6.01. The van der Waals surface area contributed by atoms with Crippen molar-refractivity contribution in [2.45, 2.75) is 19.8 Å². The Morgan fingerprint density at radius 2 is 2.16 bits per heavy atom. The van der Waals surface area contributed by atoms with E-state index in [-0.39, 0.29) is 23.4 Å². The second-order valence-corrected chi connectivity index (χ2v) is 4.31. The standard InChI is InChI=1S/C12H17ClN4O2/c1-2-15-11-7-8(6-9(13)17-11)12(19)16-5-3-4-10(14)18/h6-7H,2-5H2,1H3,(H2,14,18)(H,15,17)(H,16,19). The summed E-state index contributed by atoms with van der Waals surface area (Å²) in [5.41, 5.74) is 5.43. The van der Waals surface area contributed by atoms with Crippen molar-refractivity contribution in [1.29, 1.82) is 0 Å². The van der Waals surface area contributed by atoms with Crippen LogP contribution < -0.4 is 16.4 Å². The van der Waals surface area contributed by atoms with Crippen LogP contribution in [-0.4, -0.2) is 29.9 Å². The van der Waals surface area contributed by atoms with E-state index in [4.69, 9.17) is 17.3 Å². The fourth-order valence-electron chi connectivity index (χ4n) is 1.47. The van der Waals surface area contributed by atoms with Gasteiger partial charge in [-0.1, -0.05) is 11.6 Å². The number of pyridine rings is 1. The van der Waals surface area contributed by atoms with Crippen LogP contribution in [0.15, 0.2) is 12.1 Å². The Bertz CT molecular complexity index is 465. The van der Waals surface area contributed by atoms with Gasteiger partial charge in [0.2, 0.25) is 5.91 Å². The number of carbonyl (C=O) groups is 2. The fraction of sp³-hybridized carbons (Fsp3) is 0.417. The van der Waals surface area contributed by atoms with E-state index in [2.05, 4.69) is 15.6 Å². The molecule has 0 saturated heterocycles. The maximum atomic E-state index is 11.9.